The third-order valence-electron chi connectivity index (χ3n) is 1.41. The van der Waals surface area contributed by atoms with Crippen LogP contribution in [-0.4, -0.2) is 60.2 Å². The summed E-state index contributed by atoms with van der Waals surface area (Å²) < 4.78 is 20.7. The van der Waals surface area contributed by atoms with Crippen molar-refractivity contribution >= 4 is 5.97 Å². The second-order valence-corrected chi connectivity index (χ2v) is 3.67. The van der Waals surface area contributed by atoms with Crippen LogP contribution in [0, 0.1) is 0 Å². The number of rotatable bonds is 7. The highest BCUT2D eigenvalue weighted by Crippen LogP contribution is 1.91. The summed E-state index contributed by atoms with van der Waals surface area (Å²) in [6.45, 7) is 10.9. The van der Waals surface area contributed by atoms with E-state index >= 15 is 0 Å². The zero-order chi connectivity index (χ0) is 18.4. The first kappa shape index (κ1) is 29.3. The van der Waals surface area contributed by atoms with Gasteiger partial charge in [0.15, 0.2) is 12.5 Å². The van der Waals surface area contributed by atoms with Crippen molar-refractivity contribution < 1.29 is 34.0 Å². The molecular weight excluding hydrogens is 295 g/mol. The molecule has 0 amide bonds. The molecule has 0 spiro atoms. The molecule has 0 rings (SSSR count). The zero-order valence-electron chi connectivity index (χ0n) is 14.8. The number of carbonyl (C=O) groups is 1. The highest BCUT2D eigenvalue weighted by atomic mass is 19.1. The van der Waals surface area contributed by atoms with Crippen LogP contribution in [0.2, 0.25) is 0 Å². The smallest absolute Gasteiger partial charge is 0.340 e. The SMILES string of the molecule is CC.CC(F)C(=O)OCCO.CCC.CCC(O)OCCO. The summed E-state index contributed by atoms with van der Waals surface area (Å²) >= 11 is 0. The van der Waals surface area contributed by atoms with Crippen LogP contribution in [0.5, 0.6) is 0 Å². The minimum atomic E-state index is -1.60. The number of halogens is 1. The van der Waals surface area contributed by atoms with E-state index in [1.165, 1.54) is 6.42 Å². The van der Waals surface area contributed by atoms with Gasteiger partial charge >= 0.3 is 5.97 Å². The molecule has 0 aliphatic rings. The van der Waals surface area contributed by atoms with E-state index in [4.69, 9.17) is 15.3 Å². The third-order valence-corrected chi connectivity index (χ3v) is 1.41. The second kappa shape index (κ2) is 28.4. The van der Waals surface area contributed by atoms with Gasteiger partial charge in [0.2, 0.25) is 0 Å². The largest absolute Gasteiger partial charge is 0.461 e. The Balaban J connectivity index is -0.000000114. The molecular formula is C15H35FO6. The van der Waals surface area contributed by atoms with Gasteiger partial charge in [0.1, 0.15) is 6.61 Å². The lowest BCUT2D eigenvalue weighted by Crippen LogP contribution is -2.17. The summed E-state index contributed by atoms with van der Waals surface area (Å²) in [6.07, 6.45) is -0.487. The Hall–Kier alpha value is -0.760. The van der Waals surface area contributed by atoms with Gasteiger partial charge < -0.3 is 24.8 Å². The molecule has 22 heavy (non-hydrogen) atoms. The summed E-state index contributed by atoms with van der Waals surface area (Å²) in [6, 6.07) is 0. The summed E-state index contributed by atoms with van der Waals surface area (Å²) in [5, 5.41) is 24.9. The van der Waals surface area contributed by atoms with Gasteiger partial charge in [-0.15, -0.1) is 0 Å². The van der Waals surface area contributed by atoms with Gasteiger partial charge in [-0.3, -0.25) is 0 Å². The van der Waals surface area contributed by atoms with Crippen molar-refractivity contribution in [1.29, 1.82) is 0 Å². The van der Waals surface area contributed by atoms with Crippen molar-refractivity contribution in [3.8, 4) is 0 Å². The maximum Gasteiger partial charge on any atom is 0.340 e. The van der Waals surface area contributed by atoms with Gasteiger partial charge in [-0.05, 0) is 13.3 Å². The predicted octanol–water partition coefficient (Wildman–Crippen LogP) is 2.05. The fourth-order valence-electron chi connectivity index (χ4n) is 0.568. The molecule has 0 fully saturated rings. The number of aliphatic hydroxyl groups is 3. The number of alkyl halides is 1. The number of hydrogen-bond donors (Lipinski definition) is 3. The minimum absolute atomic E-state index is 0.0307. The molecule has 0 aromatic carbocycles. The van der Waals surface area contributed by atoms with Crippen molar-refractivity contribution in [2.24, 2.45) is 0 Å². The standard InChI is InChI=1S/C5H9FO3.C5H12O3.C3H8.C2H6/c1-4(6)5(8)9-3-2-7;1-2-5(7)8-4-3-6;1-3-2;1-2/h4,7H,2-3H2,1H3;5-7H,2-4H2,1H3;3H2,1-2H3;1-2H3. The van der Waals surface area contributed by atoms with Gasteiger partial charge in [-0.2, -0.15) is 0 Å². The molecule has 0 aromatic heterocycles. The summed E-state index contributed by atoms with van der Waals surface area (Å²) in [4.78, 5) is 10.2. The number of esters is 1. The molecule has 0 saturated carbocycles. The summed E-state index contributed by atoms with van der Waals surface area (Å²) in [5.41, 5.74) is 0. The maximum atomic E-state index is 11.9. The average Bonchev–Trinajstić information content (AvgIpc) is 2.53. The number of carbonyl (C=O) groups excluding carboxylic acids is 1. The van der Waals surface area contributed by atoms with Gasteiger partial charge in [0, 0.05) is 0 Å². The highest BCUT2D eigenvalue weighted by Gasteiger charge is 2.10. The van der Waals surface area contributed by atoms with Gasteiger partial charge in [0.25, 0.3) is 0 Å². The Bertz CT molecular complexity index is 191. The minimum Gasteiger partial charge on any atom is -0.461 e. The van der Waals surface area contributed by atoms with Crippen LogP contribution in [0.3, 0.4) is 0 Å². The first-order valence-electron chi connectivity index (χ1n) is 7.73. The summed E-state index contributed by atoms with van der Waals surface area (Å²) in [7, 11) is 0. The van der Waals surface area contributed by atoms with E-state index in [0.29, 0.717) is 6.42 Å². The van der Waals surface area contributed by atoms with Crippen LogP contribution < -0.4 is 0 Å². The predicted molar refractivity (Wildman–Crippen MR) is 85.3 cm³/mol. The van der Waals surface area contributed by atoms with Gasteiger partial charge in [0.05, 0.1) is 19.8 Å². The highest BCUT2D eigenvalue weighted by molar-refractivity contribution is 5.73. The molecule has 0 saturated heterocycles. The van der Waals surface area contributed by atoms with Crippen molar-refractivity contribution in [2.45, 2.75) is 66.8 Å². The summed E-state index contributed by atoms with van der Waals surface area (Å²) in [5.74, 6) is -0.927. The average molecular weight is 330 g/mol. The Labute approximate surface area is 134 Å². The maximum absolute atomic E-state index is 11.9. The van der Waals surface area contributed by atoms with Crippen LogP contribution >= 0.6 is 0 Å². The number of ether oxygens (including phenoxy) is 2. The van der Waals surface area contributed by atoms with Gasteiger partial charge in [-0.25, -0.2) is 9.18 Å². The normalized spacial score (nSPS) is 11.4. The molecule has 0 aromatic rings. The molecule has 0 radical (unpaired) electrons. The Morgan fingerprint density at radius 3 is 1.77 bits per heavy atom. The first-order valence-corrected chi connectivity index (χ1v) is 7.73. The zero-order valence-corrected chi connectivity index (χ0v) is 14.8. The lowest BCUT2D eigenvalue weighted by atomic mass is 10.4. The van der Waals surface area contributed by atoms with Crippen LogP contribution in [0.4, 0.5) is 4.39 Å². The van der Waals surface area contributed by atoms with Crippen molar-refractivity contribution in [3.05, 3.63) is 0 Å². The van der Waals surface area contributed by atoms with E-state index in [9.17, 15) is 9.18 Å². The monoisotopic (exact) mass is 330 g/mol. The second-order valence-electron chi connectivity index (χ2n) is 3.67. The van der Waals surface area contributed by atoms with E-state index < -0.39 is 18.4 Å². The Morgan fingerprint density at radius 1 is 1.09 bits per heavy atom. The lowest BCUT2D eigenvalue weighted by Gasteiger charge is -2.06. The third kappa shape index (κ3) is 36.5. The molecule has 7 heteroatoms. The van der Waals surface area contributed by atoms with Crippen LogP contribution in [0.25, 0.3) is 0 Å². The van der Waals surface area contributed by atoms with Crippen molar-refractivity contribution in [2.75, 3.05) is 26.4 Å². The fourth-order valence-corrected chi connectivity index (χ4v) is 0.568. The molecule has 138 valence electrons. The van der Waals surface area contributed by atoms with E-state index in [0.717, 1.165) is 6.92 Å². The molecule has 2 unspecified atom stereocenters. The molecule has 0 heterocycles. The molecule has 0 bridgehead atoms. The van der Waals surface area contributed by atoms with Crippen molar-refractivity contribution in [3.63, 3.8) is 0 Å². The van der Waals surface area contributed by atoms with Gasteiger partial charge in [-0.1, -0.05) is 41.0 Å². The number of aliphatic hydroxyl groups excluding tert-OH is 3. The van der Waals surface area contributed by atoms with Crippen molar-refractivity contribution in [1.82, 2.24) is 0 Å². The van der Waals surface area contributed by atoms with Crippen LogP contribution in [0.1, 0.15) is 54.4 Å². The van der Waals surface area contributed by atoms with E-state index in [1.54, 1.807) is 0 Å². The molecule has 0 aliphatic carbocycles. The topological polar surface area (TPSA) is 96.2 Å². The molecule has 3 N–H and O–H groups in total. The number of hydrogen-bond acceptors (Lipinski definition) is 6. The van der Waals surface area contributed by atoms with E-state index in [-0.39, 0.29) is 26.4 Å². The fraction of sp³-hybridized carbons (Fsp3) is 0.933. The Morgan fingerprint density at radius 2 is 1.50 bits per heavy atom. The first-order chi connectivity index (χ1) is 10.4. The van der Waals surface area contributed by atoms with Crippen LogP contribution in [0.15, 0.2) is 0 Å². The lowest BCUT2D eigenvalue weighted by molar-refractivity contribution is -0.149. The molecule has 2 atom stereocenters. The molecule has 6 nitrogen and oxygen atoms in total. The van der Waals surface area contributed by atoms with Crippen LogP contribution in [-0.2, 0) is 14.3 Å². The van der Waals surface area contributed by atoms with E-state index in [1.807, 2.05) is 20.8 Å². The quantitative estimate of drug-likeness (QED) is 0.488. The Kier molecular flexibility index (Phi) is 37.8. The van der Waals surface area contributed by atoms with E-state index in [2.05, 4.69) is 23.3 Å². The molecule has 0 aliphatic heterocycles.